The Balaban J connectivity index is 1.82. The van der Waals surface area contributed by atoms with Gasteiger partial charge in [-0.3, -0.25) is 9.89 Å². The van der Waals surface area contributed by atoms with Crippen LogP contribution in [0.4, 0.5) is 24.8 Å². The molecule has 0 atom stereocenters. The highest BCUT2D eigenvalue weighted by molar-refractivity contribution is 6.04. The van der Waals surface area contributed by atoms with Crippen LogP contribution in [0.15, 0.2) is 24.3 Å². The number of nitrogens with zero attached hydrogens (tertiary/aromatic N) is 3. The zero-order chi connectivity index (χ0) is 18.7. The van der Waals surface area contributed by atoms with Crippen molar-refractivity contribution in [2.45, 2.75) is 6.18 Å². The van der Waals surface area contributed by atoms with Crippen LogP contribution in [0.3, 0.4) is 0 Å². The minimum absolute atomic E-state index is 0.0383. The van der Waals surface area contributed by atoms with Crippen LogP contribution in [0.5, 0.6) is 0 Å². The molecule has 1 aliphatic heterocycles. The van der Waals surface area contributed by atoms with Gasteiger partial charge in [-0.25, -0.2) is 0 Å². The number of carbonyl (C=O) groups is 1. The lowest BCUT2D eigenvalue weighted by Gasteiger charge is -2.26. The number of hydrogen-bond acceptors (Lipinski definition) is 5. The summed E-state index contributed by atoms with van der Waals surface area (Å²) in [5, 5.41) is 18.4. The van der Waals surface area contributed by atoms with Crippen molar-refractivity contribution in [1.29, 1.82) is 5.26 Å². The average molecular weight is 365 g/mol. The SMILES string of the molecule is N#Cc1c(N2CCOCC2)n[nH]c1NC(=O)c1cccc(C(F)(F)F)c1. The van der Waals surface area contributed by atoms with Crippen LogP contribution >= 0.6 is 0 Å². The van der Waals surface area contributed by atoms with Crippen molar-refractivity contribution >= 4 is 17.5 Å². The number of anilines is 2. The molecule has 0 unspecified atom stereocenters. The molecule has 1 amide bonds. The molecule has 2 N–H and O–H groups in total. The number of amides is 1. The first-order chi connectivity index (χ1) is 12.4. The fourth-order valence-electron chi connectivity index (χ4n) is 2.56. The first-order valence-electron chi connectivity index (χ1n) is 7.70. The first-order valence-corrected chi connectivity index (χ1v) is 7.70. The molecule has 3 rings (SSSR count). The van der Waals surface area contributed by atoms with E-state index in [2.05, 4.69) is 15.5 Å². The molecule has 0 aliphatic carbocycles. The lowest BCUT2D eigenvalue weighted by atomic mass is 10.1. The van der Waals surface area contributed by atoms with Crippen molar-refractivity contribution in [2.75, 3.05) is 36.5 Å². The van der Waals surface area contributed by atoms with E-state index < -0.39 is 17.6 Å². The van der Waals surface area contributed by atoms with Crippen LogP contribution in [0.25, 0.3) is 0 Å². The number of nitrogens with one attached hydrogen (secondary N) is 2. The minimum Gasteiger partial charge on any atom is -0.378 e. The fraction of sp³-hybridized carbons (Fsp3) is 0.312. The zero-order valence-corrected chi connectivity index (χ0v) is 13.4. The van der Waals surface area contributed by atoms with Crippen molar-refractivity contribution < 1.29 is 22.7 Å². The largest absolute Gasteiger partial charge is 0.416 e. The Labute approximate surface area is 146 Å². The van der Waals surface area contributed by atoms with Gasteiger partial charge >= 0.3 is 6.18 Å². The number of benzene rings is 1. The second kappa shape index (κ2) is 7.05. The summed E-state index contributed by atoms with van der Waals surface area (Å²) in [4.78, 5) is 14.1. The summed E-state index contributed by atoms with van der Waals surface area (Å²) >= 11 is 0. The molecular formula is C16H14F3N5O2. The van der Waals surface area contributed by atoms with Crippen molar-refractivity contribution in [2.24, 2.45) is 0 Å². The van der Waals surface area contributed by atoms with Gasteiger partial charge in [0.25, 0.3) is 5.91 Å². The highest BCUT2D eigenvalue weighted by Crippen LogP contribution is 2.30. The summed E-state index contributed by atoms with van der Waals surface area (Å²) in [6.07, 6.45) is -4.55. The van der Waals surface area contributed by atoms with Crippen LogP contribution in [0.2, 0.25) is 0 Å². The molecule has 1 aliphatic rings. The summed E-state index contributed by atoms with van der Waals surface area (Å²) in [5.41, 5.74) is -0.984. The predicted molar refractivity (Wildman–Crippen MR) is 85.7 cm³/mol. The number of halogens is 3. The van der Waals surface area contributed by atoms with E-state index >= 15 is 0 Å². The average Bonchev–Trinajstić information content (AvgIpc) is 3.04. The van der Waals surface area contributed by atoms with Gasteiger partial charge in [0, 0.05) is 18.7 Å². The van der Waals surface area contributed by atoms with Gasteiger partial charge in [0.15, 0.2) is 5.82 Å². The maximum Gasteiger partial charge on any atom is 0.416 e. The predicted octanol–water partition coefficient (Wildman–Crippen LogP) is 2.39. The molecule has 1 fully saturated rings. The quantitative estimate of drug-likeness (QED) is 0.871. The van der Waals surface area contributed by atoms with E-state index in [0.29, 0.717) is 32.1 Å². The van der Waals surface area contributed by atoms with Gasteiger partial charge in [-0.15, -0.1) is 0 Å². The molecule has 2 aromatic rings. The maximum atomic E-state index is 12.8. The number of morpholine rings is 1. The molecular weight excluding hydrogens is 351 g/mol. The summed E-state index contributed by atoms with van der Waals surface area (Å²) in [6.45, 7) is 2.06. The van der Waals surface area contributed by atoms with E-state index in [1.165, 1.54) is 6.07 Å². The monoisotopic (exact) mass is 365 g/mol. The number of alkyl halides is 3. The van der Waals surface area contributed by atoms with Crippen LogP contribution in [-0.2, 0) is 10.9 Å². The lowest BCUT2D eigenvalue weighted by molar-refractivity contribution is -0.137. The highest BCUT2D eigenvalue weighted by Gasteiger charge is 2.31. The van der Waals surface area contributed by atoms with Gasteiger partial charge in [-0.05, 0) is 18.2 Å². The molecule has 2 heterocycles. The lowest BCUT2D eigenvalue weighted by Crippen LogP contribution is -2.36. The standard InChI is InChI=1S/C16H14F3N5O2/c17-16(18,19)11-3-1-2-10(8-11)15(25)21-13-12(9-20)14(23-22-13)24-4-6-26-7-5-24/h1-3,8H,4-7H2,(H2,21,22,23,25). The van der Waals surface area contributed by atoms with Crippen LogP contribution < -0.4 is 10.2 Å². The number of carbonyl (C=O) groups excluding carboxylic acids is 1. The topological polar surface area (TPSA) is 94.0 Å². The van der Waals surface area contributed by atoms with E-state index in [9.17, 15) is 23.2 Å². The first kappa shape index (κ1) is 17.8. The molecule has 10 heteroatoms. The molecule has 136 valence electrons. The van der Waals surface area contributed by atoms with Crippen molar-refractivity contribution in [3.63, 3.8) is 0 Å². The number of rotatable bonds is 3. The molecule has 7 nitrogen and oxygen atoms in total. The van der Waals surface area contributed by atoms with Gasteiger partial charge in [0.1, 0.15) is 17.5 Å². The van der Waals surface area contributed by atoms with E-state index in [4.69, 9.17) is 4.74 Å². The zero-order valence-electron chi connectivity index (χ0n) is 13.4. The van der Waals surface area contributed by atoms with Gasteiger partial charge in [-0.1, -0.05) is 6.07 Å². The normalized spacial score (nSPS) is 14.8. The van der Waals surface area contributed by atoms with E-state index in [1.54, 1.807) is 0 Å². The van der Waals surface area contributed by atoms with Crippen LogP contribution in [0.1, 0.15) is 21.5 Å². The maximum absolute atomic E-state index is 12.8. The molecule has 26 heavy (non-hydrogen) atoms. The van der Waals surface area contributed by atoms with E-state index in [-0.39, 0.29) is 16.9 Å². The summed E-state index contributed by atoms with van der Waals surface area (Å²) < 4.78 is 43.6. The van der Waals surface area contributed by atoms with Crippen molar-refractivity contribution in [3.8, 4) is 6.07 Å². The Morgan fingerprint density at radius 2 is 2.08 bits per heavy atom. The van der Waals surface area contributed by atoms with Gasteiger partial charge in [-0.2, -0.15) is 23.5 Å². The highest BCUT2D eigenvalue weighted by atomic mass is 19.4. The second-order valence-electron chi connectivity index (χ2n) is 5.54. The summed E-state index contributed by atoms with van der Waals surface area (Å²) in [5.74, 6) is -0.365. The Kier molecular flexibility index (Phi) is 4.81. The third-order valence-corrected chi connectivity index (χ3v) is 3.86. The molecule has 1 aromatic heterocycles. The van der Waals surface area contributed by atoms with E-state index in [0.717, 1.165) is 18.2 Å². The van der Waals surface area contributed by atoms with E-state index in [1.807, 2.05) is 11.0 Å². The molecule has 0 radical (unpaired) electrons. The molecule has 0 bridgehead atoms. The number of hydrogen-bond donors (Lipinski definition) is 2. The Morgan fingerprint density at radius 1 is 1.35 bits per heavy atom. The molecule has 0 saturated carbocycles. The summed E-state index contributed by atoms with van der Waals surface area (Å²) in [6, 6.07) is 6.00. The van der Waals surface area contributed by atoms with Crippen molar-refractivity contribution in [1.82, 2.24) is 10.2 Å². The molecule has 1 aromatic carbocycles. The number of ether oxygens (including phenoxy) is 1. The smallest absolute Gasteiger partial charge is 0.378 e. The fourth-order valence-corrected chi connectivity index (χ4v) is 2.56. The van der Waals surface area contributed by atoms with Crippen molar-refractivity contribution in [3.05, 3.63) is 41.0 Å². The van der Waals surface area contributed by atoms with Gasteiger partial charge in [0.05, 0.1) is 18.8 Å². The number of H-pyrrole nitrogens is 1. The summed E-state index contributed by atoms with van der Waals surface area (Å²) in [7, 11) is 0. The van der Waals surface area contributed by atoms with Crippen LogP contribution in [0, 0.1) is 11.3 Å². The Bertz CT molecular complexity index is 850. The third-order valence-electron chi connectivity index (χ3n) is 3.86. The number of aromatic nitrogens is 2. The molecule has 1 saturated heterocycles. The Morgan fingerprint density at radius 3 is 2.73 bits per heavy atom. The number of aromatic amines is 1. The van der Waals surface area contributed by atoms with Gasteiger partial charge < -0.3 is 15.0 Å². The minimum atomic E-state index is -4.55. The third kappa shape index (κ3) is 3.62. The van der Waals surface area contributed by atoms with Crippen LogP contribution in [-0.4, -0.2) is 42.4 Å². The molecule has 0 spiro atoms. The Hall–Kier alpha value is -3.06. The second-order valence-corrected chi connectivity index (χ2v) is 5.54. The number of nitriles is 1. The van der Waals surface area contributed by atoms with Gasteiger partial charge in [0.2, 0.25) is 0 Å².